The van der Waals surface area contributed by atoms with Gasteiger partial charge in [0.05, 0.1) is 27.5 Å². The number of carbonyl (C=O) groups is 2. The maximum atomic E-state index is 13.0. The van der Waals surface area contributed by atoms with Gasteiger partial charge in [-0.1, -0.05) is 19.1 Å². The van der Waals surface area contributed by atoms with Gasteiger partial charge in [-0.05, 0) is 31.9 Å². The van der Waals surface area contributed by atoms with Crippen LogP contribution in [0.1, 0.15) is 57.9 Å². The maximum Gasteiger partial charge on any atom is 0.255 e. The van der Waals surface area contributed by atoms with E-state index in [0.717, 1.165) is 0 Å². The van der Waals surface area contributed by atoms with E-state index in [2.05, 4.69) is 15.3 Å². The van der Waals surface area contributed by atoms with Gasteiger partial charge >= 0.3 is 0 Å². The molecule has 1 aromatic heterocycles. The maximum absolute atomic E-state index is 13.0. The molecule has 2 aromatic rings. The lowest BCUT2D eigenvalue weighted by atomic mass is 9.95. The van der Waals surface area contributed by atoms with Crippen molar-refractivity contribution in [3.63, 3.8) is 0 Å². The molecule has 1 aliphatic rings. The van der Waals surface area contributed by atoms with Crippen LogP contribution in [0.15, 0.2) is 35.4 Å². The zero-order chi connectivity index (χ0) is 21.9. The van der Waals surface area contributed by atoms with Gasteiger partial charge in [0.1, 0.15) is 5.82 Å². The molecule has 1 saturated heterocycles. The first-order valence-corrected chi connectivity index (χ1v) is 11.6. The van der Waals surface area contributed by atoms with Crippen LogP contribution in [0.5, 0.6) is 0 Å². The number of likely N-dealkylation sites (tertiary alicyclic amines) is 1. The quantitative estimate of drug-likeness (QED) is 0.777. The lowest BCUT2D eigenvalue weighted by Gasteiger charge is -2.32. The Bertz CT molecular complexity index is 1060. The van der Waals surface area contributed by atoms with Crippen molar-refractivity contribution >= 4 is 21.7 Å². The summed E-state index contributed by atoms with van der Waals surface area (Å²) < 4.78 is 24.7. The summed E-state index contributed by atoms with van der Waals surface area (Å²) in [5.41, 5.74) is 1.29. The van der Waals surface area contributed by atoms with E-state index in [4.69, 9.17) is 0 Å². The molecule has 1 aliphatic heterocycles. The van der Waals surface area contributed by atoms with E-state index in [0.29, 0.717) is 43.0 Å². The molecule has 0 unspecified atom stereocenters. The molecule has 2 amide bonds. The van der Waals surface area contributed by atoms with Gasteiger partial charge in [-0.3, -0.25) is 9.59 Å². The summed E-state index contributed by atoms with van der Waals surface area (Å²) in [6.45, 7) is 4.33. The molecule has 2 heterocycles. The van der Waals surface area contributed by atoms with Gasteiger partial charge < -0.3 is 10.2 Å². The smallest absolute Gasteiger partial charge is 0.255 e. The number of piperidine rings is 1. The topological polar surface area (TPSA) is 109 Å². The van der Waals surface area contributed by atoms with Crippen LogP contribution in [0.3, 0.4) is 0 Å². The molecular weight excluding hydrogens is 404 g/mol. The van der Waals surface area contributed by atoms with Gasteiger partial charge in [0, 0.05) is 32.3 Å². The van der Waals surface area contributed by atoms with E-state index in [1.807, 2.05) is 0 Å². The number of amides is 2. The molecule has 30 heavy (non-hydrogen) atoms. The van der Waals surface area contributed by atoms with E-state index in [1.54, 1.807) is 50.2 Å². The molecule has 160 valence electrons. The number of aromatic nitrogens is 2. The van der Waals surface area contributed by atoms with Gasteiger partial charge in [0.2, 0.25) is 0 Å². The van der Waals surface area contributed by atoms with Crippen LogP contribution >= 0.6 is 0 Å². The number of sulfone groups is 1. The van der Waals surface area contributed by atoms with Crippen molar-refractivity contribution in [2.24, 2.45) is 0 Å². The highest BCUT2D eigenvalue weighted by atomic mass is 32.2. The molecule has 8 nitrogen and oxygen atoms in total. The number of hydrogen-bond acceptors (Lipinski definition) is 6. The second-order valence-corrected chi connectivity index (χ2v) is 9.52. The molecule has 9 heteroatoms. The van der Waals surface area contributed by atoms with Crippen molar-refractivity contribution in [3.05, 3.63) is 53.1 Å². The van der Waals surface area contributed by atoms with Crippen LogP contribution in [0, 0.1) is 6.92 Å². The Kier molecular flexibility index (Phi) is 6.50. The average molecular weight is 431 g/mol. The average Bonchev–Trinajstić information content (AvgIpc) is 2.78. The van der Waals surface area contributed by atoms with Crippen molar-refractivity contribution in [3.8, 4) is 0 Å². The summed E-state index contributed by atoms with van der Waals surface area (Å²) in [5, 5.41) is 2.57. The summed E-state index contributed by atoms with van der Waals surface area (Å²) >= 11 is 0. The van der Waals surface area contributed by atoms with Crippen molar-refractivity contribution < 1.29 is 18.0 Å². The Hall–Kier alpha value is -2.81. The van der Waals surface area contributed by atoms with Crippen molar-refractivity contribution in [1.82, 2.24) is 20.2 Å². The number of nitrogens with one attached hydrogen (secondary N) is 1. The van der Waals surface area contributed by atoms with Crippen LogP contribution in [0.25, 0.3) is 0 Å². The molecule has 0 saturated carbocycles. The minimum atomic E-state index is -3.48. The highest BCUT2D eigenvalue weighted by Crippen LogP contribution is 2.28. The van der Waals surface area contributed by atoms with E-state index >= 15 is 0 Å². The van der Waals surface area contributed by atoms with Crippen molar-refractivity contribution in [2.45, 2.75) is 37.5 Å². The summed E-state index contributed by atoms with van der Waals surface area (Å²) in [7, 11) is -1.92. The first-order valence-electron chi connectivity index (χ1n) is 9.95. The molecular formula is C21H26N4O4S. The van der Waals surface area contributed by atoms with Crippen LogP contribution in [-0.4, -0.2) is 61.0 Å². The molecule has 0 aliphatic carbocycles. The van der Waals surface area contributed by atoms with Gasteiger partial charge in [-0.25, -0.2) is 18.4 Å². The van der Waals surface area contributed by atoms with E-state index in [1.165, 1.54) is 6.07 Å². The van der Waals surface area contributed by atoms with Crippen LogP contribution < -0.4 is 5.32 Å². The lowest BCUT2D eigenvalue weighted by molar-refractivity contribution is 0.0706. The second kappa shape index (κ2) is 8.91. The number of hydrogen-bond donors (Lipinski definition) is 1. The molecule has 1 aromatic carbocycles. The number of aryl methyl sites for hydroxylation is 1. The molecule has 0 bridgehead atoms. The summed E-state index contributed by atoms with van der Waals surface area (Å²) in [6, 6.07) is 6.37. The Morgan fingerprint density at radius 1 is 1.17 bits per heavy atom. The Balaban J connectivity index is 1.73. The Labute approximate surface area is 176 Å². The normalized spacial score (nSPS) is 15.1. The fraction of sp³-hybridized carbons (Fsp3) is 0.429. The fourth-order valence-electron chi connectivity index (χ4n) is 3.62. The second-order valence-electron chi connectivity index (χ2n) is 7.27. The summed E-state index contributed by atoms with van der Waals surface area (Å²) in [4.78, 5) is 35.5. The molecule has 0 radical (unpaired) electrons. The van der Waals surface area contributed by atoms with Crippen LogP contribution in [0.2, 0.25) is 0 Å². The molecule has 3 rings (SSSR count). The monoisotopic (exact) mass is 430 g/mol. The number of rotatable bonds is 5. The van der Waals surface area contributed by atoms with Crippen LogP contribution in [-0.2, 0) is 9.84 Å². The summed E-state index contributed by atoms with van der Waals surface area (Å²) in [6.07, 6.45) is 2.89. The molecule has 0 spiro atoms. The molecule has 0 atom stereocenters. The summed E-state index contributed by atoms with van der Waals surface area (Å²) in [5.74, 6) is 0.206. The Morgan fingerprint density at radius 2 is 1.83 bits per heavy atom. The SMILES string of the molecule is CCS(=O)(=O)c1ccccc1C(=O)N1CCC(c2ncc(C(=O)NC)c(C)n2)CC1. The van der Waals surface area contributed by atoms with Crippen LogP contribution in [0.4, 0.5) is 0 Å². The van der Waals surface area contributed by atoms with Gasteiger partial charge in [0.15, 0.2) is 9.84 Å². The van der Waals surface area contributed by atoms with Gasteiger partial charge in [-0.15, -0.1) is 0 Å². The predicted octanol–water partition coefficient (Wildman–Crippen LogP) is 1.96. The first kappa shape index (κ1) is 21.9. The van der Waals surface area contributed by atoms with Crippen molar-refractivity contribution in [2.75, 3.05) is 25.9 Å². The van der Waals surface area contributed by atoms with E-state index < -0.39 is 9.84 Å². The van der Waals surface area contributed by atoms with E-state index in [9.17, 15) is 18.0 Å². The zero-order valence-electron chi connectivity index (χ0n) is 17.4. The minimum Gasteiger partial charge on any atom is -0.355 e. The highest BCUT2D eigenvalue weighted by molar-refractivity contribution is 7.91. The lowest BCUT2D eigenvalue weighted by Crippen LogP contribution is -2.39. The number of nitrogens with zero attached hydrogens (tertiary/aromatic N) is 3. The largest absolute Gasteiger partial charge is 0.355 e. The van der Waals surface area contributed by atoms with E-state index in [-0.39, 0.29) is 33.9 Å². The zero-order valence-corrected chi connectivity index (χ0v) is 18.2. The van der Waals surface area contributed by atoms with Gasteiger partial charge in [0.25, 0.3) is 11.8 Å². The standard InChI is InChI=1S/C21H26N4O4S/c1-4-30(28,29)18-8-6-5-7-16(18)21(27)25-11-9-15(10-12-25)19-23-13-17(14(2)24-19)20(26)22-3/h5-8,13,15H,4,9-12H2,1-3H3,(H,22,26). The third-order valence-electron chi connectivity index (χ3n) is 5.45. The third-order valence-corrected chi connectivity index (χ3v) is 7.24. The first-order chi connectivity index (χ1) is 14.3. The molecule has 1 fully saturated rings. The minimum absolute atomic E-state index is 0.0535. The van der Waals surface area contributed by atoms with Crippen molar-refractivity contribution in [1.29, 1.82) is 0 Å². The predicted molar refractivity (Wildman–Crippen MR) is 112 cm³/mol. The molecule has 1 N–H and O–H groups in total. The Morgan fingerprint density at radius 3 is 2.43 bits per heavy atom. The number of carbonyl (C=O) groups excluding carboxylic acids is 2. The fourth-order valence-corrected chi connectivity index (χ4v) is 4.71. The highest BCUT2D eigenvalue weighted by Gasteiger charge is 2.29. The third kappa shape index (κ3) is 4.35. The van der Waals surface area contributed by atoms with Gasteiger partial charge in [-0.2, -0.15) is 0 Å². The number of benzene rings is 1.